The van der Waals surface area contributed by atoms with Crippen molar-refractivity contribution in [2.45, 2.75) is 18.9 Å². The fourth-order valence-corrected chi connectivity index (χ4v) is 2.45. The van der Waals surface area contributed by atoms with Crippen LogP contribution in [0.2, 0.25) is 0 Å². The summed E-state index contributed by atoms with van der Waals surface area (Å²) in [7, 11) is 0. The van der Waals surface area contributed by atoms with Gasteiger partial charge in [0.25, 0.3) is 5.91 Å². The highest BCUT2D eigenvalue weighted by Gasteiger charge is 2.23. The minimum absolute atomic E-state index is 0.0733. The van der Waals surface area contributed by atoms with Gasteiger partial charge in [0.2, 0.25) is 0 Å². The molecular formula is C15H15FN4O2. The quantitative estimate of drug-likeness (QED) is 0.883. The molecule has 0 fully saturated rings. The van der Waals surface area contributed by atoms with Crippen LogP contribution in [0.1, 0.15) is 34.9 Å². The lowest BCUT2D eigenvalue weighted by molar-refractivity contribution is 0.0930. The second-order valence-corrected chi connectivity index (χ2v) is 4.99. The summed E-state index contributed by atoms with van der Waals surface area (Å²) in [5.41, 5.74) is 6.49. The topological polar surface area (TPSA) is 90.1 Å². The molecule has 1 aliphatic heterocycles. The first-order chi connectivity index (χ1) is 10.6. The number of nitrogens with one attached hydrogen (secondary N) is 1. The fraction of sp³-hybridized carbons (Fsp3) is 0.267. The van der Waals surface area contributed by atoms with Crippen molar-refractivity contribution in [2.75, 3.05) is 12.3 Å². The number of fused-ring (bicyclic) bond motifs is 1. The van der Waals surface area contributed by atoms with Gasteiger partial charge in [0.05, 0.1) is 12.6 Å². The molecule has 22 heavy (non-hydrogen) atoms. The predicted molar refractivity (Wildman–Crippen MR) is 77.8 cm³/mol. The standard InChI is InChI=1S/C15H15FN4O2/c16-9-3-4-10-11(2-1-7-22-12(10)8-9)20-15(21)13-14(17)19-6-5-18-13/h3-6,8,11H,1-2,7H2,(H2,17,19)(H,20,21)/t11-/m0/s1. The van der Waals surface area contributed by atoms with Crippen LogP contribution in [0, 0.1) is 5.82 Å². The molecule has 1 aromatic carbocycles. The molecule has 0 unspecified atom stereocenters. The third kappa shape index (κ3) is 2.83. The van der Waals surface area contributed by atoms with E-state index in [1.54, 1.807) is 6.07 Å². The summed E-state index contributed by atoms with van der Waals surface area (Å²) in [6.07, 6.45) is 4.26. The summed E-state index contributed by atoms with van der Waals surface area (Å²) in [4.78, 5) is 20.1. The summed E-state index contributed by atoms with van der Waals surface area (Å²) in [5.74, 6) is -0.254. The zero-order valence-corrected chi connectivity index (χ0v) is 11.8. The Hall–Kier alpha value is -2.70. The Balaban J connectivity index is 1.86. The van der Waals surface area contributed by atoms with Crippen LogP contribution in [-0.4, -0.2) is 22.5 Å². The number of amides is 1. The molecule has 1 atom stereocenters. The van der Waals surface area contributed by atoms with Crippen molar-refractivity contribution in [1.29, 1.82) is 0 Å². The summed E-state index contributed by atoms with van der Waals surface area (Å²) < 4.78 is 18.9. The van der Waals surface area contributed by atoms with Crippen LogP contribution in [-0.2, 0) is 0 Å². The number of hydrogen-bond acceptors (Lipinski definition) is 5. The molecule has 7 heteroatoms. The van der Waals surface area contributed by atoms with Crippen LogP contribution < -0.4 is 15.8 Å². The Morgan fingerprint density at radius 2 is 2.18 bits per heavy atom. The third-order valence-electron chi connectivity index (χ3n) is 3.49. The molecule has 3 rings (SSSR count). The average molecular weight is 302 g/mol. The molecule has 0 saturated carbocycles. The van der Waals surface area contributed by atoms with Gasteiger partial charge in [-0.25, -0.2) is 14.4 Å². The number of benzene rings is 1. The van der Waals surface area contributed by atoms with E-state index in [9.17, 15) is 9.18 Å². The Bertz CT molecular complexity index is 708. The Morgan fingerprint density at radius 1 is 1.36 bits per heavy atom. The average Bonchev–Trinajstić information content (AvgIpc) is 2.69. The first-order valence-electron chi connectivity index (χ1n) is 6.95. The molecule has 6 nitrogen and oxygen atoms in total. The van der Waals surface area contributed by atoms with Crippen molar-refractivity contribution in [2.24, 2.45) is 0 Å². The molecule has 0 aliphatic carbocycles. The molecule has 0 radical (unpaired) electrons. The highest BCUT2D eigenvalue weighted by atomic mass is 19.1. The summed E-state index contributed by atoms with van der Waals surface area (Å²) >= 11 is 0. The van der Waals surface area contributed by atoms with Gasteiger partial charge in [-0.2, -0.15) is 0 Å². The van der Waals surface area contributed by atoms with Crippen LogP contribution in [0.5, 0.6) is 5.75 Å². The number of rotatable bonds is 2. The lowest BCUT2D eigenvalue weighted by atomic mass is 10.0. The first kappa shape index (κ1) is 14.2. The largest absolute Gasteiger partial charge is 0.493 e. The monoisotopic (exact) mass is 302 g/mol. The van der Waals surface area contributed by atoms with E-state index in [1.807, 2.05) is 0 Å². The van der Waals surface area contributed by atoms with Gasteiger partial charge in [0.1, 0.15) is 11.6 Å². The molecule has 2 heterocycles. The maximum Gasteiger partial charge on any atom is 0.274 e. The van der Waals surface area contributed by atoms with E-state index >= 15 is 0 Å². The number of halogens is 1. The number of carbonyl (C=O) groups excluding carboxylic acids is 1. The van der Waals surface area contributed by atoms with E-state index < -0.39 is 5.91 Å². The van der Waals surface area contributed by atoms with Gasteiger partial charge in [-0.05, 0) is 18.9 Å². The summed E-state index contributed by atoms with van der Waals surface area (Å²) in [5, 5.41) is 2.87. The highest BCUT2D eigenvalue weighted by molar-refractivity contribution is 5.96. The number of ether oxygens (including phenoxy) is 1. The van der Waals surface area contributed by atoms with Crippen molar-refractivity contribution in [1.82, 2.24) is 15.3 Å². The zero-order valence-electron chi connectivity index (χ0n) is 11.8. The smallest absolute Gasteiger partial charge is 0.274 e. The van der Waals surface area contributed by atoms with Gasteiger partial charge in [-0.15, -0.1) is 0 Å². The van der Waals surface area contributed by atoms with Crippen molar-refractivity contribution in [3.63, 3.8) is 0 Å². The van der Waals surface area contributed by atoms with Crippen LogP contribution >= 0.6 is 0 Å². The van der Waals surface area contributed by atoms with Gasteiger partial charge in [0, 0.05) is 24.0 Å². The maximum atomic E-state index is 13.3. The Labute approximate surface area is 126 Å². The van der Waals surface area contributed by atoms with Crippen molar-refractivity contribution in [3.05, 3.63) is 47.7 Å². The zero-order chi connectivity index (χ0) is 15.5. The molecule has 1 aliphatic rings. The number of nitrogens with two attached hydrogens (primary N) is 1. The molecule has 0 saturated heterocycles. The van der Waals surface area contributed by atoms with E-state index in [2.05, 4.69) is 15.3 Å². The Morgan fingerprint density at radius 3 is 3.00 bits per heavy atom. The molecule has 3 N–H and O–H groups in total. The Kier molecular flexibility index (Phi) is 3.86. The van der Waals surface area contributed by atoms with E-state index in [-0.39, 0.29) is 23.4 Å². The van der Waals surface area contributed by atoms with E-state index in [0.717, 1.165) is 12.0 Å². The SMILES string of the molecule is Nc1nccnc1C(=O)N[C@H]1CCCOc2cc(F)ccc21. The number of nitrogens with zero attached hydrogens (tertiary/aromatic N) is 2. The molecule has 2 aromatic rings. The maximum absolute atomic E-state index is 13.3. The third-order valence-corrected chi connectivity index (χ3v) is 3.49. The highest BCUT2D eigenvalue weighted by Crippen LogP contribution is 2.32. The van der Waals surface area contributed by atoms with E-state index in [4.69, 9.17) is 10.5 Å². The normalized spacial score (nSPS) is 17.0. The van der Waals surface area contributed by atoms with Crippen molar-refractivity contribution >= 4 is 11.7 Å². The van der Waals surface area contributed by atoms with Gasteiger partial charge in [-0.1, -0.05) is 6.07 Å². The van der Waals surface area contributed by atoms with E-state index in [1.165, 1.54) is 24.5 Å². The van der Waals surface area contributed by atoms with Crippen LogP contribution in [0.4, 0.5) is 10.2 Å². The first-order valence-corrected chi connectivity index (χ1v) is 6.95. The van der Waals surface area contributed by atoms with Gasteiger partial charge >= 0.3 is 0 Å². The molecule has 114 valence electrons. The number of hydrogen-bond donors (Lipinski definition) is 2. The molecule has 1 amide bonds. The summed E-state index contributed by atoms with van der Waals surface area (Å²) in [6.45, 7) is 0.482. The number of anilines is 1. The second-order valence-electron chi connectivity index (χ2n) is 4.99. The molecule has 0 spiro atoms. The van der Waals surface area contributed by atoms with Crippen molar-refractivity contribution in [3.8, 4) is 5.75 Å². The van der Waals surface area contributed by atoms with E-state index in [0.29, 0.717) is 18.8 Å². The lowest BCUT2D eigenvalue weighted by Gasteiger charge is -2.18. The number of aromatic nitrogens is 2. The minimum atomic E-state index is -0.409. The number of nitrogen functional groups attached to an aromatic ring is 1. The minimum Gasteiger partial charge on any atom is -0.493 e. The second kappa shape index (κ2) is 5.97. The van der Waals surface area contributed by atoms with Crippen LogP contribution in [0.3, 0.4) is 0 Å². The van der Waals surface area contributed by atoms with Crippen LogP contribution in [0.15, 0.2) is 30.6 Å². The van der Waals surface area contributed by atoms with Crippen molar-refractivity contribution < 1.29 is 13.9 Å². The number of carbonyl (C=O) groups is 1. The molecule has 0 bridgehead atoms. The lowest BCUT2D eigenvalue weighted by Crippen LogP contribution is -2.30. The molecule has 1 aromatic heterocycles. The fourth-order valence-electron chi connectivity index (χ4n) is 2.45. The van der Waals surface area contributed by atoms with Gasteiger partial charge in [-0.3, -0.25) is 4.79 Å². The molecular weight excluding hydrogens is 287 g/mol. The summed E-state index contributed by atoms with van der Waals surface area (Å²) in [6, 6.07) is 4.02. The predicted octanol–water partition coefficient (Wildman–Crippen LogP) is 1.84. The van der Waals surface area contributed by atoms with Crippen LogP contribution in [0.25, 0.3) is 0 Å². The van der Waals surface area contributed by atoms with Gasteiger partial charge in [0.15, 0.2) is 11.5 Å². The van der Waals surface area contributed by atoms with Gasteiger partial charge < -0.3 is 15.8 Å².